The van der Waals surface area contributed by atoms with Crippen LogP contribution in [-0.4, -0.2) is 55.1 Å². The van der Waals surface area contributed by atoms with Crippen molar-refractivity contribution in [2.45, 2.75) is 39.0 Å². The molecule has 0 bridgehead atoms. The molecule has 2 N–H and O–H groups in total. The zero-order valence-corrected chi connectivity index (χ0v) is 16.7. The summed E-state index contributed by atoms with van der Waals surface area (Å²) in [4.78, 5) is 12.0. The third-order valence-electron chi connectivity index (χ3n) is 4.67. The van der Waals surface area contributed by atoms with E-state index in [9.17, 15) is 0 Å². The second-order valence-corrected chi connectivity index (χ2v) is 7.88. The molecule has 1 fully saturated rings. The van der Waals surface area contributed by atoms with E-state index in [0.29, 0.717) is 0 Å². The number of aromatic nitrogens is 1. The molecule has 1 saturated heterocycles. The number of para-hydroxylation sites is 1. The first-order valence-corrected chi connectivity index (χ1v) is 10.8. The summed E-state index contributed by atoms with van der Waals surface area (Å²) < 4.78 is 1.28. The number of piperidine rings is 1. The predicted octanol–water partition coefficient (Wildman–Crippen LogP) is 3.27. The Labute approximate surface area is 160 Å². The average Bonchev–Trinajstić information content (AvgIpc) is 3.09. The monoisotopic (exact) mass is 373 g/mol. The van der Waals surface area contributed by atoms with E-state index in [0.717, 1.165) is 50.5 Å². The topological polar surface area (TPSA) is 52.6 Å². The van der Waals surface area contributed by atoms with Crippen LogP contribution in [0.15, 0.2) is 29.3 Å². The van der Waals surface area contributed by atoms with Gasteiger partial charge in [-0.05, 0) is 51.4 Å². The molecule has 0 amide bonds. The van der Waals surface area contributed by atoms with Gasteiger partial charge in [0.1, 0.15) is 0 Å². The van der Waals surface area contributed by atoms with Gasteiger partial charge in [-0.2, -0.15) is 0 Å². The fourth-order valence-electron chi connectivity index (χ4n) is 3.31. The molecule has 1 aliphatic rings. The first kappa shape index (κ1) is 19.1. The van der Waals surface area contributed by atoms with Gasteiger partial charge in [0.2, 0.25) is 0 Å². The van der Waals surface area contributed by atoms with Crippen LogP contribution < -0.4 is 10.6 Å². The Kier molecular flexibility index (Phi) is 7.70. The summed E-state index contributed by atoms with van der Waals surface area (Å²) >= 11 is 1.80. The van der Waals surface area contributed by atoms with E-state index in [1.807, 2.05) is 6.07 Å². The number of fused-ring (bicyclic) bond motifs is 1. The number of aryl methyl sites for hydroxylation is 1. The normalized spacial score (nSPS) is 16.1. The SMILES string of the molecule is CCNC(=NCCCc1nc2ccccc2s1)NCCN1CCCCC1. The molecular formula is C20H31N5S. The third-order valence-corrected chi connectivity index (χ3v) is 5.77. The van der Waals surface area contributed by atoms with Gasteiger partial charge in [0.15, 0.2) is 5.96 Å². The molecular weight excluding hydrogens is 342 g/mol. The maximum Gasteiger partial charge on any atom is 0.191 e. The molecule has 1 aromatic carbocycles. The lowest BCUT2D eigenvalue weighted by Crippen LogP contribution is -2.42. The zero-order valence-electron chi connectivity index (χ0n) is 15.8. The number of thiazole rings is 1. The van der Waals surface area contributed by atoms with Crippen LogP contribution in [0, 0.1) is 0 Å². The summed E-state index contributed by atoms with van der Waals surface area (Å²) in [5.74, 6) is 0.939. The molecule has 0 saturated carbocycles. The lowest BCUT2D eigenvalue weighted by molar-refractivity contribution is 0.232. The number of likely N-dealkylation sites (tertiary alicyclic amines) is 1. The van der Waals surface area contributed by atoms with Gasteiger partial charge in [0.25, 0.3) is 0 Å². The molecule has 1 aromatic heterocycles. The van der Waals surface area contributed by atoms with Crippen LogP contribution in [0.1, 0.15) is 37.6 Å². The van der Waals surface area contributed by atoms with E-state index in [1.165, 1.54) is 42.1 Å². The first-order valence-electron chi connectivity index (χ1n) is 9.94. The highest BCUT2D eigenvalue weighted by Gasteiger charge is 2.09. The van der Waals surface area contributed by atoms with Crippen molar-refractivity contribution in [3.8, 4) is 0 Å². The van der Waals surface area contributed by atoms with Crippen LogP contribution in [0.2, 0.25) is 0 Å². The summed E-state index contributed by atoms with van der Waals surface area (Å²) in [6.45, 7) is 8.40. The summed E-state index contributed by atoms with van der Waals surface area (Å²) in [6, 6.07) is 8.36. The number of hydrogen-bond donors (Lipinski definition) is 2. The van der Waals surface area contributed by atoms with Crippen molar-refractivity contribution in [2.24, 2.45) is 4.99 Å². The Balaban J connectivity index is 1.40. The molecule has 2 aromatic rings. The van der Waals surface area contributed by atoms with Crippen molar-refractivity contribution in [3.63, 3.8) is 0 Å². The van der Waals surface area contributed by atoms with E-state index >= 15 is 0 Å². The molecule has 1 aliphatic heterocycles. The fourth-order valence-corrected chi connectivity index (χ4v) is 4.31. The highest BCUT2D eigenvalue weighted by Crippen LogP contribution is 2.22. The molecule has 0 spiro atoms. The maximum absolute atomic E-state index is 4.72. The van der Waals surface area contributed by atoms with Gasteiger partial charge in [-0.3, -0.25) is 4.99 Å². The molecule has 0 aliphatic carbocycles. The summed E-state index contributed by atoms with van der Waals surface area (Å²) in [7, 11) is 0. The van der Waals surface area contributed by atoms with E-state index in [2.05, 4.69) is 40.7 Å². The molecule has 0 radical (unpaired) electrons. The van der Waals surface area contributed by atoms with Crippen LogP contribution >= 0.6 is 11.3 Å². The van der Waals surface area contributed by atoms with Gasteiger partial charge in [0.05, 0.1) is 15.2 Å². The van der Waals surface area contributed by atoms with Crippen molar-refractivity contribution in [1.82, 2.24) is 20.5 Å². The van der Waals surface area contributed by atoms with Crippen LogP contribution in [-0.2, 0) is 6.42 Å². The average molecular weight is 374 g/mol. The summed E-state index contributed by atoms with van der Waals surface area (Å²) in [5.41, 5.74) is 1.11. The number of nitrogens with zero attached hydrogens (tertiary/aromatic N) is 3. The van der Waals surface area contributed by atoms with E-state index < -0.39 is 0 Å². The van der Waals surface area contributed by atoms with Crippen LogP contribution in [0.25, 0.3) is 10.2 Å². The minimum atomic E-state index is 0.828. The smallest absolute Gasteiger partial charge is 0.191 e. The van der Waals surface area contributed by atoms with Crippen molar-refractivity contribution in [3.05, 3.63) is 29.3 Å². The van der Waals surface area contributed by atoms with Crippen molar-refractivity contribution in [2.75, 3.05) is 39.3 Å². The van der Waals surface area contributed by atoms with Crippen LogP contribution in [0.5, 0.6) is 0 Å². The fraction of sp³-hybridized carbons (Fsp3) is 0.600. The van der Waals surface area contributed by atoms with E-state index in [4.69, 9.17) is 9.98 Å². The first-order chi connectivity index (χ1) is 12.8. The Morgan fingerprint density at radius 3 is 2.85 bits per heavy atom. The molecule has 6 heteroatoms. The quantitative estimate of drug-likeness (QED) is 0.424. The third kappa shape index (κ3) is 5.95. The molecule has 2 heterocycles. The second kappa shape index (κ2) is 10.5. The minimum absolute atomic E-state index is 0.828. The highest BCUT2D eigenvalue weighted by atomic mass is 32.1. The van der Waals surface area contributed by atoms with Gasteiger partial charge >= 0.3 is 0 Å². The van der Waals surface area contributed by atoms with E-state index in [1.54, 1.807) is 11.3 Å². The summed E-state index contributed by atoms with van der Waals surface area (Å²) in [5, 5.41) is 8.03. The number of rotatable bonds is 8. The van der Waals surface area contributed by atoms with Crippen molar-refractivity contribution >= 4 is 27.5 Å². The Morgan fingerprint density at radius 1 is 1.19 bits per heavy atom. The van der Waals surface area contributed by atoms with Gasteiger partial charge in [-0.1, -0.05) is 18.6 Å². The number of hydrogen-bond acceptors (Lipinski definition) is 4. The van der Waals surface area contributed by atoms with Crippen LogP contribution in [0.4, 0.5) is 0 Å². The van der Waals surface area contributed by atoms with Gasteiger partial charge in [-0.25, -0.2) is 4.98 Å². The molecule has 3 rings (SSSR count). The number of nitrogens with one attached hydrogen (secondary N) is 2. The second-order valence-electron chi connectivity index (χ2n) is 6.77. The lowest BCUT2D eigenvalue weighted by Gasteiger charge is -2.26. The molecule has 5 nitrogen and oxygen atoms in total. The largest absolute Gasteiger partial charge is 0.357 e. The zero-order chi connectivity index (χ0) is 18.0. The summed E-state index contributed by atoms with van der Waals surface area (Å²) in [6.07, 6.45) is 6.11. The van der Waals surface area contributed by atoms with Gasteiger partial charge in [-0.15, -0.1) is 11.3 Å². The molecule has 0 atom stereocenters. The minimum Gasteiger partial charge on any atom is -0.357 e. The van der Waals surface area contributed by atoms with E-state index in [-0.39, 0.29) is 0 Å². The predicted molar refractivity (Wildman–Crippen MR) is 112 cm³/mol. The van der Waals surface area contributed by atoms with Crippen molar-refractivity contribution in [1.29, 1.82) is 0 Å². The molecule has 0 unspecified atom stereocenters. The molecule has 142 valence electrons. The van der Waals surface area contributed by atoms with Gasteiger partial charge < -0.3 is 15.5 Å². The highest BCUT2D eigenvalue weighted by molar-refractivity contribution is 7.18. The number of guanidine groups is 1. The number of benzene rings is 1. The maximum atomic E-state index is 4.72. The Bertz CT molecular complexity index is 657. The molecule has 26 heavy (non-hydrogen) atoms. The van der Waals surface area contributed by atoms with Crippen molar-refractivity contribution < 1.29 is 0 Å². The lowest BCUT2D eigenvalue weighted by atomic mass is 10.1. The van der Waals surface area contributed by atoms with Crippen LogP contribution in [0.3, 0.4) is 0 Å². The Morgan fingerprint density at radius 2 is 2.04 bits per heavy atom. The van der Waals surface area contributed by atoms with Gasteiger partial charge in [0, 0.05) is 32.6 Å². The number of aliphatic imine (C=N–C) groups is 1. The standard InChI is InChI=1S/C20H31N5S/c1-2-21-20(23-13-16-25-14-6-3-7-15-25)22-12-8-11-19-24-17-9-4-5-10-18(17)26-19/h4-5,9-10H,2-3,6-8,11-16H2,1H3,(H2,21,22,23). The Hall–Kier alpha value is -1.66.